The van der Waals surface area contributed by atoms with Crippen LogP contribution in [0.2, 0.25) is 5.15 Å². The van der Waals surface area contributed by atoms with E-state index in [4.69, 9.17) is 33.5 Å². The van der Waals surface area contributed by atoms with Crippen molar-refractivity contribution in [3.63, 3.8) is 0 Å². The van der Waals surface area contributed by atoms with Gasteiger partial charge in [-0.3, -0.25) is 15.1 Å². The Labute approximate surface area is 185 Å². The van der Waals surface area contributed by atoms with E-state index in [1.165, 1.54) is 5.56 Å². The molecular weight excluding hydrogens is 422 g/mol. The monoisotopic (exact) mass is 449 g/mol. The molecule has 1 unspecified atom stereocenters. The molecule has 0 spiro atoms. The van der Waals surface area contributed by atoms with Crippen LogP contribution in [0.5, 0.6) is 5.75 Å². The average molecular weight is 450 g/mol. The number of ether oxygens (including phenoxy) is 1. The maximum atomic E-state index is 12.2. The highest BCUT2D eigenvalue weighted by Crippen LogP contribution is 2.17. The first-order chi connectivity index (χ1) is 14.8. The number of guanidine groups is 1. The minimum absolute atomic E-state index is 0.0437. The number of unbranched alkanes of at least 4 members (excludes halogenated alkanes) is 1. The second-order valence-corrected chi connectivity index (χ2v) is 7.30. The Morgan fingerprint density at radius 1 is 1.23 bits per heavy atom. The van der Waals surface area contributed by atoms with E-state index in [-0.39, 0.29) is 34.5 Å². The third kappa shape index (κ3) is 8.27. The van der Waals surface area contributed by atoms with Gasteiger partial charge in [-0.25, -0.2) is 9.97 Å². The first kappa shape index (κ1) is 24.2. The summed E-state index contributed by atoms with van der Waals surface area (Å²) in [4.78, 5) is 23.8. The van der Waals surface area contributed by atoms with Gasteiger partial charge < -0.3 is 27.0 Å². The van der Waals surface area contributed by atoms with E-state index in [0.717, 1.165) is 25.0 Å². The topological polar surface area (TPSA) is 175 Å². The number of amides is 1. The van der Waals surface area contributed by atoms with Gasteiger partial charge in [0.15, 0.2) is 28.4 Å². The molecule has 2 aromatic rings. The summed E-state index contributed by atoms with van der Waals surface area (Å²) in [6.07, 6.45) is 2.80. The highest BCUT2D eigenvalue weighted by Gasteiger charge is 2.16. The minimum atomic E-state index is -0.663. The van der Waals surface area contributed by atoms with Crippen LogP contribution in [0.3, 0.4) is 0 Å². The molecule has 1 amide bonds. The Balaban J connectivity index is 1.71. The lowest BCUT2D eigenvalue weighted by molar-refractivity contribution is 0.0972. The summed E-state index contributed by atoms with van der Waals surface area (Å²) in [5.41, 5.74) is 17.9. The molecule has 1 aromatic heterocycles. The Hall–Kier alpha value is -3.11. The number of aliphatic imine (C=N–C) groups is 1. The highest BCUT2D eigenvalue weighted by molar-refractivity contribution is 6.31. The number of rotatable bonds is 10. The van der Waals surface area contributed by atoms with Gasteiger partial charge in [-0.15, -0.1) is 0 Å². The summed E-state index contributed by atoms with van der Waals surface area (Å²) in [5.74, 6) is -0.130. The first-order valence-electron chi connectivity index (χ1n) is 9.85. The smallest absolute Gasteiger partial charge is 0.280 e. The zero-order chi connectivity index (χ0) is 22.8. The molecule has 0 radical (unpaired) electrons. The number of carbonyl (C=O) groups is 1. The molecule has 2 rings (SSSR count). The van der Waals surface area contributed by atoms with Gasteiger partial charge in [-0.2, -0.15) is 0 Å². The van der Waals surface area contributed by atoms with E-state index in [9.17, 15) is 9.90 Å². The van der Waals surface area contributed by atoms with Crippen LogP contribution in [-0.4, -0.2) is 46.2 Å². The van der Waals surface area contributed by atoms with E-state index < -0.39 is 5.91 Å². The number of aromatic nitrogens is 2. The number of aliphatic hydroxyl groups excluding tert-OH is 1. The summed E-state index contributed by atoms with van der Waals surface area (Å²) >= 11 is 5.77. The Morgan fingerprint density at radius 3 is 2.61 bits per heavy atom. The third-order valence-electron chi connectivity index (χ3n) is 4.24. The van der Waals surface area contributed by atoms with Crippen LogP contribution < -0.4 is 27.3 Å². The lowest BCUT2D eigenvalue weighted by atomic mass is 10.1. The van der Waals surface area contributed by atoms with Gasteiger partial charge in [-0.05, 0) is 43.9 Å². The fourth-order valence-corrected chi connectivity index (χ4v) is 2.69. The summed E-state index contributed by atoms with van der Waals surface area (Å²) in [7, 11) is 0. The van der Waals surface area contributed by atoms with E-state index in [1.54, 1.807) is 6.92 Å². The van der Waals surface area contributed by atoms with Gasteiger partial charge in [0.2, 0.25) is 0 Å². The van der Waals surface area contributed by atoms with Crippen molar-refractivity contribution >= 4 is 35.1 Å². The number of nitrogens with two attached hydrogens (primary N) is 3. The molecule has 0 aliphatic carbocycles. The molecule has 1 atom stereocenters. The van der Waals surface area contributed by atoms with Crippen molar-refractivity contribution in [1.82, 2.24) is 15.3 Å². The van der Waals surface area contributed by atoms with Crippen LogP contribution >= 0.6 is 11.6 Å². The maximum absolute atomic E-state index is 12.2. The summed E-state index contributed by atoms with van der Waals surface area (Å²) in [6, 6.07) is 7.86. The van der Waals surface area contributed by atoms with E-state index >= 15 is 0 Å². The summed E-state index contributed by atoms with van der Waals surface area (Å²) in [6.45, 7) is 2.67. The molecule has 0 fully saturated rings. The number of halogens is 1. The number of nitrogens with one attached hydrogen (secondary N) is 1. The van der Waals surface area contributed by atoms with Gasteiger partial charge in [-0.1, -0.05) is 23.7 Å². The van der Waals surface area contributed by atoms with Crippen molar-refractivity contribution in [3.8, 4) is 5.75 Å². The predicted molar refractivity (Wildman–Crippen MR) is 121 cm³/mol. The number of aryl methyl sites for hydroxylation is 1. The zero-order valence-electron chi connectivity index (χ0n) is 17.3. The molecular formula is C20H28ClN7O3. The van der Waals surface area contributed by atoms with Gasteiger partial charge >= 0.3 is 0 Å². The molecule has 31 heavy (non-hydrogen) atoms. The number of aliphatic hydroxyl groups is 1. The van der Waals surface area contributed by atoms with Crippen molar-refractivity contribution in [1.29, 1.82) is 0 Å². The number of carbonyl (C=O) groups excluding carboxylic acids is 1. The lowest BCUT2D eigenvalue weighted by Crippen LogP contribution is -2.38. The summed E-state index contributed by atoms with van der Waals surface area (Å²) < 4.78 is 5.57. The number of hydrogen-bond acceptors (Lipinski definition) is 8. The molecule has 168 valence electrons. The second kappa shape index (κ2) is 11.9. The van der Waals surface area contributed by atoms with Crippen molar-refractivity contribution in [3.05, 3.63) is 40.7 Å². The average Bonchev–Trinajstić information content (AvgIpc) is 2.71. The first-order valence-corrected chi connectivity index (χ1v) is 10.2. The number of hydrogen-bond donors (Lipinski definition) is 5. The number of nitrogens with zero attached hydrogens (tertiary/aromatic N) is 3. The van der Waals surface area contributed by atoms with Gasteiger partial charge in [0.25, 0.3) is 5.91 Å². The fourth-order valence-electron chi connectivity index (χ4n) is 2.56. The molecule has 0 saturated heterocycles. The number of anilines is 2. The normalized spacial score (nSPS) is 12.4. The molecule has 10 nitrogen and oxygen atoms in total. The molecule has 1 aromatic carbocycles. The number of benzene rings is 1. The van der Waals surface area contributed by atoms with Gasteiger partial charge in [0.1, 0.15) is 5.75 Å². The SMILES string of the molecule is CC(O)CCOc1ccc(CCCCN=C(N)NC(=O)c2nc(Cl)c(N)nc2N)cc1. The van der Waals surface area contributed by atoms with Crippen LogP contribution in [0, 0.1) is 0 Å². The summed E-state index contributed by atoms with van der Waals surface area (Å²) in [5, 5.41) is 11.5. The standard InChI is InChI=1S/C20H28ClN7O3/c1-12(29)9-11-31-14-7-5-13(6-8-14)4-2-3-10-25-20(24)28-19(30)15-17(22)27-18(23)16(21)26-15/h5-8,12,29H,2-4,9-11H2,1H3,(H4,22,23,27)(H3,24,25,28,30). The zero-order valence-corrected chi connectivity index (χ0v) is 18.1. The molecule has 1 heterocycles. The highest BCUT2D eigenvalue weighted by atomic mass is 35.5. The minimum Gasteiger partial charge on any atom is -0.493 e. The van der Waals surface area contributed by atoms with Crippen LogP contribution in [-0.2, 0) is 6.42 Å². The Bertz CT molecular complexity index is 904. The molecule has 8 N–H and O–H groups in total. The van der Waals surface area contributed by atoms with E-state index in [2.05, 4.69) is 20.3 Å². The molecule has 0 aliphatic heterocycles. The van der Waals surface area contributed by atoms with Crippen LogP contribution in [0.4, 0.5) is 11.6 Å². The lowest BCUT2D eigenvalue weighted by Gasteiger charge is -2.08. The van der Waals surface area contributed by atoms with Crippen molar-refractivity contribution < 1.29 is 14.6 Å². The van der Waals surface area contributed by atoms with Crippen LogP contribution in [0.15, 0.2) is 29.3 Å². The molecule has 11 heteroatoms. The third-order valence-corrected chi connectivity index (χ3v) is 4.52. The second-order valence-electron chi connectivity index (χ2n) is 6.94. The van der Waals surface area contributed by atoms with E-state index in [1.807, 2.05) is 24.3 Å². The van der Waals surface area contributed by atoms with Gasteiger partial charge in [0, 0.05) is 13.0 Å². The Kier molecular flexibility index (Phi) is 9.29. The molecule has 0 aliphatic rings. The maximum Gasteiger partial charge on any atom is 0.280 e. The van der Waals surface area contributed by atoms with E-state index in [0.29, 0.717) is 19.6 Å². The van der Waals surface area contributed by atoms with Crippen molar-refractivity contribution in [2.75, 3.05) is 24.6 Å². The quantitative estimate of drug-likeness (QED) is 0.206. The predicted octanol–water partition coefficient (Wildman–Crippen LogP) is 1.51. The molecule has 0 saturated carbocycles. The van der Waals surface area contributed by atoms with Crippen molar-refractivity contribution in [2.24, 2.45) is 10.7 Å². The molecule has 0 bridgehead atoms. The largest absolute Gasteiger partial charge is 0.493 e. The number of nitrogen functional groups attached to an aromatic ring is 2. The fraction of sp³-hybridized carbons (Fsp3) is 0.400. The van der Waals surface area contributed by atoms with Crippen LogP contribution in [0.1, 0.15) is 42.2 Å². The van der Waals surface area contributed by atoms with Crippen molar-refractivity contribution in [2.45, 2.75) is 38.7 Å². The van der Waals surface area contributed by atoms with Gasteiger partial charge in [0.05, 0.1) is 12.7 Å². The van der Waals surface area contributed by atoms with Crippen LogP contribution in [0.25, 0.3) is 0 Å². The Morgan fingerprint density at radius 2 is 1.94 bits per heavy atom.